The maximum absolute atomic E-state index is 12.3. The van der Waals surface area contributed by atoms with Crippen molar-refractivity contribution in [3.63, 3.8) is 0 Å². The summed E-state index contributed by atoms with van der Waals surface area (Å²) in [6, 6.07) is 11.9. The molecule has 1 unspecified atom stereocenters. The summed E-state index contributed by atoms with van der Waals surface area (Å²) >= 11 is 5.04. The van der Waals surface area contributed by atoms with E-state index in [1.807, 2.05) is 36.4 Å². The van der Waals surface area contributed by atoms with Crippen LogP contribution in [0.5, 0.6) is 5.75 Å². The first-order valence-electron chi connectivity index (χ1n) is 6.20. The van der Waals surface area contributed by atoms with Crippen molar-refractivity contribution in [1.29, 1.82) is 0 Å². The summed E-state index contributed by atoms with van der Waals surface area (Å²) in [5.74, 6) is 1.17. The van der Waals surface area contributed by atoms with Gasteiger partial charge < -0.3 is 4.74 Å². The highest BCUT2D eigenvalue weighted by Crippen LogP contribution is 2.29. The third-order valence-electron chi connectivity index (χ3n) is 3.31. The first-order valence-corrected chi connectivity index (χ1v) is 7.81. The summed E-state index contributed by atoms with van der Waals surface area (Å²) in [7, 11) is 0. The molecule has 1 aromatic heterocycles. The SMILES string of the molecule is O=C(Cc1ccc(Br)s1)C1COc2ccccc2C1. The minimum atomic E-state index is -0.0178. The monoisotopic (exact) mass is 336 g/mol. The number of thiophene rings is 1. The van der Waals surface area contributed by atoms with E-state index >= 15 is 0 Å². The van der Waals surface area contributed by atoms with Crippen LogP contribution in [0.25, 0.3) is 0 Å². The van der Waals surface area contributed by atoms with Crippen LogP contribution in [0.15, 0.2) is 40.2 Å². The zero-order valence-corrected chi connectivity index (χ0v) is 12.7. The van der Waals surface area contributed by atoms with Crippen LogP contribution >= 0.6 is 27.3 Å². The van der Waals surface area contributed by atoms with E-state index in [-0.39, 0.29) is 11.7 Å². The fourth-order valence-corrected chi connectivity index (χ4v) is 3.79. The number of fused-ring (bicyclic) bond motifs is 1. The minimum absolute atomic E-state index is 0.0178. The summed E-state index contributed by atoms with van der Waals surface area (Å²) in [6.07, 6.45) is 1.30. The topological polar surface area (TPSA) is 26.3 Å². The van der Waals surface area contributed by atoms with E-state index in [0.717, 1.165) is 26.4 Å². The van der Waals surface area contributed by atoms with Gasteiger partial charge in [-0.1, -0.05) is 18.2 Å². The number of ketones is 1. The van der Waals surface area contributed by atoms with E-state index in [4.69, 9.17) is 4.74 Å². The Kier molecular flexibility index (Phi) is 3.71. The minimum Gasteiger partial charge on any atom is -0.493 e. The lowest BCUT2D eigenvalue weighted by atomic mass is 9.91. The molecule has 0 saturated carbocycles. The molecule has 98 valence electrons. The molecule has 0 spiro atoms. The van der Waals surface area contributed by atoms with Crippen molar-refractivity contribution in [1.82, 2.24) is 0 Å². The van der Waals surface area contributed by atoms with Crippen LogP contribution in [0, 0.1) is 5.92 Å². The number of benzene rings is 1. The van der Waals surface area contributed by atoms with Crippen molar-refractivity contribution in [2.75, 3.05) is 6.61 Å². The van der Waals surface area contributed by atoms with Crippen molar-refractivity contribution >= 4 is 33.0 Å². The van der Waals surface area contributed by atoms with Crippen molar-refractivity contribution in [3.8, 4) is 5.75 Å². The van der Waals surface area contributed by atoms with Gasteiger partial charge in [-0.05, 0) is 46.1 Å². The van der Waals surface area contributed by atoms with E-state index in [9.17, 15) is 4.79 Å². The fourth-order valence-electron chi connectivity index (χ4n) is 2.30. The second-order valence-corrected chi connectivity index (χ2v) is 7.22. The molecule has 0 saturated heterocycles. The molecule has 0 bridgehead atoms. The standard InChI is InChI=1S/C15H13BrO2S/c16-15-6-5-12(19-15)8-13(17)11-7-10-3-1-2-4-14(10)18-9-11/h1-6,11H,7-9H2. The Morgan fingerprint density at radius 2 is 2.16 bits per heavy atom. The second-order valence-electron chi connectivity index (χ2n) is 4.67. The van der Waals surface area contributed by atoms with Gasteiger partial charge >= 0.3 is 0 Å². The molecule has 2 aromatic rings. The molecular formula is C15H13BrO2S. The number of hydrogen-bond donors (Lipinski definition) is 0. The Morgan fingerprint density at radius 3 is 2.95 bits per heavy atom. The van der Waals surface area contributed by atoms with Crippen molar-refractivity contribution < 1.29 is 9.53 Å². The highest BCUT2D eigenvalue weighted by molar-refractivity contribution is 9.11. The van der Waals surface area contributed by atoms with E-state index in [1.165, 1.54) is 0 Å². The average molecular weight is 337 g/mol. The largest absolute Gasteiger partial charge is 0.493 e. The number of ether oxygens (including phenoxy) is 1. The zero-order valence-electron chi connectivity index (χ0n) is 10.3. The van der Waals surface area contributed by atoms with Crippen LogP contribution in [0.4, 0.5) is 0 Å². The lowest BCUT2D eigenvalue weighted by Gasteiger charge is -2.24. The average Bonchev–Trinajstić information content (AvgIpc) is 2.83. The first kappa shape index (κ1) is 12.9. The predicted octanol–water partition coefficient (Wildman–Crippen LogP) is 3.87. The molecule has 3 rings (SSSR count). The summed E-state index contributed by atoms with van der Waals surface area (Å²) in [4.78, 5) is 13.4. The Morgan fingerprint density at radius 1 is 1.32 bits per heavy atom. The van der Waals surface area contributed by atoms with E-state index in [1.54, 1.807) is 11.3 Å². The number of carbonyl (C=O) groups excluding carboxylic acids is 1. The Labute approximate surface area is 124 Å². The molecule has 0 fully saturated rings. The number of Topliss-reactive ketones (excluding diaryl/α,β-unsaturated/α-hetero) is 1. The number of hydrogen-bond acceptors (Lipinski definition) is 3. The van der Waals surface area contributed by atoms with E-state index in [0.29, 0.717) is 13.0 Å². The second kappa shape index (κ2) is 5.47. The lowest BCUT2D eigenvalue weighted by Crippen LogP contribution is -2.29. The van der Waals surface area contributed by atoms with Gasteiger partial charge in [0.15, 0.2) is 0 Å². The summed E-state index contributed by atoms with van der Waals surface area (Å²) < 4.78 is 6.74. The predicted molar refractivity (Wildman–Crippen MR) is 79.9 cm³/mol. The molecule has 0 radical (unpaired) electrons. The van der Waals surface area contributed by atoms with Crippen LogP contribution in [-0.4, -0.2) is 12.4 Å². The Bertz CT molecular complexity index is 606. The normalized spacial score (nSPS) is 17.6. The third kappa shape index (κ3) is 2.90. The van der Waals surface area contributed by atoms with Crippen LogP contribution in [0.2, 0.25) is 0 Å². The van der Waals surface area contributed by atoms with Gasteiger partial charge in [0, 0.05) is 11.3 Å². The summed E-state index contributed by atoms with van der Waals surface area (Å²) in [5, 5.41) is 0. The van der Waals surface area contributed by atoms with Gasteiger partial charge in [0.1, 0.15) is 11.5 Å². The van der Waals surface area contributed by atoms with Crippen molar-refractivity contribution in [3.05, 3.63) is 50.6 Å². The number of para-hydroxylation sites is 1. The Balaban J connectivity index is 1.69. The molecule has 0 N–H and O–H groups in total. The molecule has 2 heterocycles. The molecule has 1 aromatic carbocycles. The summed E-state index contributed by atoms with van der Waals surface area (Å²) in [6.45, 7) is 0.502. The van der Waals surface area contributed by atoms with Gasteiger partial charge in [0.2, 0.25) is 0 Å². The van der Waals surface area contributed by atoms with Gasteiger partial charge in [0.05, 0.1) is 16.3 Å². The van der Waals surface area contributed by atoms with Crippen LogP contribution in [0.1, 0.15) is 10.4 Å². The van der Waals surface area contributed by atoms with Gasteiger partial charge in [-0.25, -0.2) is 0 Å². The first-order chi connectivity index (χ1) is 9.22. The van der Waals surface area contributed by atoms with Gasteiger partial charge in [-0.15, -0.1) is 11.3 Å². The summed E-state index contributed by atoms with van der Waals surface area (Å²) in [5.41, 5.74) is 1.14. The number of carbonyl (C=O) groups is 1. The van der Waals surface area contributed by atoms with Gasteiger partial charge in [0.25, 0.3) is 0 Å². The zero-order chi connectivity index (χ0) is 13.2. The smallest absolute Gasteiger partial charge is 0.144 e. The maximum atomic E-state index is 12.3. The Hall–Kier alpha value is -1.13. The molecule has 4 heteroatoms. The number of rotatable bonds is 3. The van der Waals surface area contributed by atoms with E-state index < -0.39 is 0 Å². The highest BCUT2D eigenvalue weighted by Gasteiger charge is 2.25. The molecule has 0 aliphatic carbocycles. The third-order valence-corrected chi connectivity index (χ3v) is 4.94. The lowest BCUT2D eigenvalue weighted by molar-refractivity contribution is -0.123. The molecule has 2 nitrogen and oxygen atoms in total. The van der Waals surface area contributed by atoms with Gasteiger partial charge in [-0.3, -0.25) is 4.79 Å². The molecule has 1 aliphatic rings. The van der Waals surface area contributed by atoms with Crippen LogP contribution in [-0.2, 0) is 17.6 Å². The fraction of sp³-hybridized carbons (Fsp3) is 0.267. The van der Waals surface area contributed by atoms with Crippen molar-refractivity contribution in [2.24, 2.45) is 5.92 Å². The van der Waals surface area contributed by atoms with Crippen LogP contribution < -0.4 is 4.74 Å². The van der Waals surface area contributed by atoms with Gasteiger partial charge in [-0.2, -0.15) is 0 Å². The number of halogens is 1. The highest BCUT2D eigenvalue weighted by atomic mass is 79.9. The molecular weight excluding hydrogens is 324 g/mol. The molecule has 1 aliphatic heterocycles. The molecule has 0 amide bonds. The van der Waals surface area contributed by atoms with Crippen molar-refractivity contribution in [2.45, 2.75) is 12.8 Å². The molecule has 19 heavy (non-hydrogen) atoms. The molecule has 1 atom stereocenters. The maximum Gasteiger partial charge on any atom is 0.144 e. The van der Waals surface area contributed by atoms with Crippen LogP contribution in [0.3, 0.4) is 0 Å². The quantitative estimate of drug-likeness (QED) is 0.850. The van der Waals surface area contributed by atoms with E-state index in [2.05, 4.69) is 15.9 Å².